The lowest BCUT2D eigenvalue weighted by Gasteiger charge is -2.07. The van der Waals surface area contributed by atoms with E-state index in [1.807, 2.05) is 30.3 Å². The molecule has 0 atom stereocenters. The highest BCUT2D eigenvalue weighted by molar-refractivity contribution is 5.94. The van der Waals surface area contributed by atoms with E-state index in [9.17, 15) is 9.59 Å². The molecule has 6 nitrogen and oxygen atoms in total. The molecule has 2 N–H and O–H groups in total. The zero-order valence-electron chi connectivity index (χ0n) is 14.3. The number of hydrogen-bond acceptors (Lipinski definition) is 5. The molecule has 1 aromatic heterocycles. The highest BCUT2D eigenvalue weighted by Crippen LogP contribution is 2.15. The first-order valence-corrected chi connectivity index (χ1v) is 8.14. The van der Waals surface area contributed by atoms with Gasteiger partial charge in [0.2, 0.25) is 0 Å². The standard InChI is InChI=1S/C20H18N4O2/c1-14(25)16-7-9-17(10-8-16)24-19-13-21-18(12-22-19)20(26)23-11-15-5-3-2-4-6-15/h2-10,12-13H,11H2,1H3,(H,22,24)(H,23,26). The molecule has 0 fully saturated rings. The number of aromatic nitrogens is 2. The van der Waals surface area contributed by atoms with E-state index in [1.165, 1.54) is 19.3 Å². The summed E-state index contributed by atoms with van der Waals surface area (Å²) in [6, 6.07) is 16.7. The number of nitrogens with zero attached hydrogens (tertiary/aromatic N) is 2. The van der Waals surface area contributed by atoms with Crippen molar-refractivity contribution in [2.24, 2.45) is 0 Å². The minimum absolute atomic E-state index is 0.0159. The Bertz CT molecular complexity index is 891. The zero-order chi connectivity index (χ0) is 18.4. The second-order valence-electron chi connectivity index (χ2n) is 5.71. The molecule has 0 aliphatic rings. The lowest BCUT2D eigenvalue weighted by molar-refractivity contribution is 0.0944. The predicted octanol–water partition coefficient (Wildman–Crippen LogP) is 3.35. The number of rotatable bonds is 6. The molecule has 3 aromatic rings. The Labute approximate surface area is 151 Å². The van der Waals surface area contributed by atoms with Crippen LogP contribution < -0.4 is 10.6 Å². The molecular weight excluding hydrogens is 328 g/mol. The van der Waals surface area contributed by atoms with E-state index in [2.05, 4.69) is 20.6 Å². The second-order valence-corrected chi connectivity index (χ2v) is 5.71. The van der Waals surface area contributed by atoms with Crippen LogP contribution in [0.25, 0.3) is 0 Å². The topological polar surface area (TPSA) is 84.0 Å². The van der Waals surface area contributed by atoms with Gasteiger partial charge in [0.05, 0.1) is 12.4 Å². The van der Waals surface area contributed by atoms with Gasteiger partial charge >= 0.3 is 0 Å². The number of amides is 1. The lowest BCUT2D eigenvalue weighted by Crippen LogP contribution is -2.24. The van der Waals surface area contributed by atoms with Gasteiger partial charge in [-0.25, -0.2) is 9.97 Å². The molecule has 0 bridgehead atoms. The molecule has 0 spiro atoms. The highest BCUT2D eigenvalue weighted by atomic mass is 16.1. The van der Waals surface area contributed by atoms with E-state index in [-0.39, 0.29) is 17.4 Å². The van der Waals surface area contributed by atoms with Crippen molar-refractivity contribution < 1.29 is 9.59 Å². The predicted molar refractivity (Wildman–Crippen MR) is 99.4 cm³/mol. The van der Waals surface area contributed by atoms with Crippen LogP contribution in [0.3, 0.4) is 0 Å². The normalized spacial score (nSPS) is 10.2. The van der Waals surface area contributed by atoms with Crippen LogP contribution in [0.4, 0.5) is 11.5 Å². The van der Waals surface area contributed by atoms with Gasteiger partial charge < -0.3 is 10.6 Å². The molecule has 0 saturated carbocycles. The third-order valence-electron chi connectivity index (χ3n) is 3.74. The van der Waals surface area contributed by atoms with E-state index in [0.29, 0.717) is 17.9 Å². The van der Waals surface area contributed by atoms with Crippen molar-refractivity contribution in [1.82, 2.24) is 15.3 Å². The van der Waals surface area contributed by atoms with Gasteiger partial charge in [-0.3, -0.25) is 9.59 Å². The van der Waals surface area contributed by atoms with Gasteiger partial charge in [0.15, 0.2) is 5.78 Å². The Hall–Kier alpha value is -3.54. The van der Waals surface area contributed by atoms with Crippen molar-refractivity contribution in [1.29, 1.82) is 0 Å². The van der Waals surface area contributed by atoms with Crippen molar-refractivity contribution >= 4 is 23.2 Å². The van der Waals surface area contributed by atoms with Crippen LogP contribution in [0.2, 0.25) is 0 Å². The fourth-order valence-electron chi connectivity index (χ4n) is 2.31. The molecule has 0 saturated heterocycles. The monoisotopic (exact) mass is 346 g/mol. The van der Waals surface area contributed by atoms with Crippen LogP contribution in [0, 0.1) is 0 Å². The Morgan fingerprint density at radius 3 is 2.27 bits per heavy atom. The minimum atomic E-state index is -0.279. The van der Waals surface area contributed by atoms with Gasteiger partial charge in [0.25, 0.3) is 5.91 Å². The molecule has 1 amide bonds. The largest absolute Gasteiger partial charge is 0.347 e. The van der Waals surface area contributed by atoms with E-state index in [4.69, 9.17) is 0 Å². The summed E-state index contributed by atoms with van der Waals surface area (Å²) in [7, 11) is 0. The van der Waals surface area contributed by atoms with Crippen LogP contribution in [0.5, 0.6) is 0 Å². The van der Waals surface area contributed by atoms with Gasteiger partial charge in [0, 0.05) is 17.8 Å². The fourth-order valence-corrected chi connectivity index (χ4v) is 2.31. The van der Waals surface area contributed by atoms with Gasteiger partial charge in [0.1, 0.15) is 11.5 Å². The van der Waals surface area contributed by atoms with Gasteiger partial charge in [-0.15, -0.1) is 0 Å². The molecule has 0 unspecified atom stereocenters. The molecule has 0 aliphatic heterocycles. The third kappa shape index (κ3) is 4.51. The summed E-state index contributed by atoms with van der Waals surface area (Å²) >= 11 is 0. The maximum Gasteiger partial charge on any atom is 0.271 e. The Kier molecular flexibility index (Phi) is 5.34. The third-order valence-corrected chi connectivity index (χ3v) is 3.74. The molecular formula is C20H18N4O2. The van der Waals surface area contributed by atoms with Gasteiger partial charge in [-0.2, -0.15) is 0 Å². The smallest absolute Gasteiger partial charge is 0.271 e. The fraction of sp³-hybridized carbons (Fsp3) is 0.100. The first kappa shape index (κ1) is 17.3. The highest BCUT2D eigenvalue weighted by Gasteiger charge is 2.08. The Balaban J connectivity index is 1.59. The van der Waals surface area contributed by atoms with Gasteiger partial charge in [-0.05, 0) is 36.8 Å². The van der Waals surface area contributed by atoms with Crippen molar-refractivity contribution in [3.05, 3.63) is 83.8 Å². The summed E-state index contributed by atoms with van der Waals surface area (Å²) in [5.41, 5.74) is 2.69. The maximum atomic E-state index is 12.1. The first-order valence-electron chi connectivity index (χ1n) is 8.14. The number of anilines is 2. The average Bonchev–Trinajstić information content (AvgIpc) is 2.68. The molecule has 26 heavy (non-hydrogen) atoms. The number of benzene rings is 2. The number of Topliss-reactive ketones (excluding diaryl/α,β-unsaturated/α-hetero) is 1. The van der Waals surface area contributed by atoms with Crippen LogP contribution in [-0.2, 0) is 6.54 Å². The number of carbonyl (C=O) groups is 2. The minimum Gasteiger partial charge on any atom is -0.347 e. The Morgan fingerprint density at radius 1 is 0.923 bits per heavy atom. The van der Waals surface area contributed by atoms with Crippen molar-refractivity contribution in [3.8, 4) is 0 Å². The van der Waals surface area contributed by atoms with E-state index in [1.54, 1.807) is 24.3 Å². The summed E-state index contributed by atoms with van der Waals surface area (Å²) in [5, 5.41) is 5.88. The Morgan fingerprint density at radius 2 is 1.65 bits per heavy atom. The molecule has 0 aliphatic carbocycles. The van der Waals surface area contributed by atoms with Crippen LogP contribution in [0.1, 0.15) is 33.3 Å². The summed E-state index contributed by atoms with van der Waals surface area (Å²) in [6.07, 6.45) is 2.92. The van der Waals surface area contributed by atoms with Crippen molar-refractivity contribution in [2.75, 3.05) is 5.32 Å². The number of carbonyl (C=O) groups excluding carboxylic acids is 2. The number of nitrogens with one attached hydrogen (secondary N) is 2. The number of hydrogen-bond donors (Lipinski definition) is 2. The molecule has 3 rings (SSSR count). The molecule has 6 heteroatoms. The molecule has 0 radical (unpaired) electrons. The van der Waals surface area contributed by atoms with E-state index >= 15 is 0 Å². The second kappa shape index (κ2) is 8.02. The quantitative estimate of drug-likeness (QED) is 0.669. The van der Waals surface area contributed by atoms with Crippen molar-refractivity contribution in [2.45, 2.75) is 13.5 Å². The lowest BCUT2D eigenvalue weighted by atomic mass is 10.1. The van der Waals surface area contributed by atoms with Gasteiger partial charge in [-0.1, -0.05) is 30.3 Å². The molecule has 1 heterocycles. The summed E-state index contributed by atoms with van der Waals surface area (Å²) in [4.78, 5) is 31.8. The first-order chi connectivity index (χ1) is 12.6. The summed E-state index contributed by atoms with van der Waals surface area (Å²) in [6.45, 7) is 1.96. The maximum absolute atomic E-state index is 12.1. The summed E-state index contributed by atoms with van der Waals surface area (Å²) in [5.74, 6) is 0.251. The summed E-state index contributed by atoms with van der Waals surface area (Å²) < 4.78 is 0. The molecule has 130 valence electrons. The molecule has 2 aromatic carbocycles. The van der Waals surface area contributed by atoms with E-state index < -0.39 is 0 Å². The van der Waals surface area contributed by atoms with Crippen molar-refractivity contribution in [3.63, 3.8) is 0 Å². The zero-order valence-corrected chi connectivity index (χ0v) is 14.3. The SMILES string of the molecule is CC(=O)c1ccc(Nc2cnc(C(=O)NCc3ccccc3)cn2)cc1. The average molecular weight is 346 g/mol. The number of ketones is 1. The van der Waals surface area contributed by atoms with Crippen LogP contribution >= 0.6 is 0 Å². The van der Waals surface area contributed by atoms with Crippen LogP contribution in [0.15, 0.2) is 67.0 Å². The van der Waals surface area contributed by atoms with E-state index in [0.717, 1.165) is 11.3 Å². The van der Waals surface area contributed by atoms with Crippen LogP contribution in [-0.4, -0.2) is 21.7 Å².